The van der Waals surface area contributed by atoms with Crippen LogP contribution in [0.3, 0.4) is 0 Å². The Morgan fingerprint density at radius 2 is 1.95 bits per heavy atom. The molecule has 1 N–H and O–H groups in total. The van der Waals surface area contributed by atoms with Crippen molar-refractivity contribution in [3.05, 3.63) is 29.8 Å². The Hall–Kier alpha value is -1.06. The SMILES string of the molecule is CCCOc1ccc(C(O)CC2CCOCC2)cc1. The standard InChI is InChI=1S/C16H24O3/c1-2-9-19-15-5-3-14(4-6-15)16(17)12-13-7-10-18-11-8-13/h3-6,13,16-17H,2,7-12H2,1H3. The number of hydrogen-bond donors (Lipinski definition) is 1. The highest BCUT2D eigenvalue weighted by Gasteiger charge is 2.18. The van der Waals surface area contributed by atoms with Crippen molar-refractivity contribution < 1.29 is 14.6 Å². The first kappa shape index (κ1) is 14.4. The Morgan fingerprint density at radius 3 is 2.58 bits per heavy atom. The summed E-state index contributed by atoms with van der Waals surface area (Å²) >= 11 is 0. The Bertz CT molecular complexity index is 355. The summed E-state index contributed by atoms with van der Waals surface area (Å²) in [7, 11) is 0. The molecule has 0 aromatic heterocycles. The van der Waals surface area contributed by atoms with Crippen LogP contribution in [0.5, 0.6) is 5.75 Å². The van der Waals surface area contributed by atoms with Gasteiger partial charge in [0.1, 0.15) is 5.75 Å². The molecule has 1 fully saturated rings. The van der Waals surface area contributed by atoms with Gasteiger partial charge in [0, 0.05) is 13.2 Å². The van der Waals surface area contributed by atoms with Crippen molar-refractivity contribution in [1.29, 1.82) is 0 Å². The summed E-state index contributed by atoms with van der Waals surface area (Å²) in [5.41, 5.74) is 0.982. The summed E-state index contributed by atoms with van der Waals surface area (Å²) in [5.74, 6) is 1.46. The lowest BCUT2D eigenvalue weighted by molar-refractivity contribution is 0.0435. The summed E-state index contributed by atoms with van der Waals surface area (Å²) in [4.78, 5) is 0. The van der Waals surface area contributed by atoms with Gasteiger partial charge in [-0.15, -0.1) is 0 Å². The Balaban J connectivity index is 1.85. The third kappa shape index (κ3) is 4.51. The van der Waals surface area contributed by atoms with Crippen molar-refractivity contribution in [3.63, 3.8) is 0 Å². The molecule has 1 aromatic rings. The topological polar surface area (TPSA) is 38.7 Å². The van der Waals surface area contributed by atoms with Crippen LogP contribution in [-0.4, -0.2) is 24.9 Å². The van der Waals surface area contributed by atoms with Crippen LogP contribution < -0.4 is 4.74 Å². The molecule has 106 valence electrons. The molecule has 0 radical (unpaired) electrons. The minimum Gasteiger partial charge on any atom is -0.494 e. The van der Waals surface area contributed by atoms with Crippen LogP contribution >= 0.6 is 0 Å². The second kappa shape index (κ2) is 7.51. The normalized spacial score (nSPS) is 18.2. The van der Waals surface area contributed by atoms with Crippen LogP contribution in [0.15, 0.2) is 24.3 Å². The van der Waals surface area contributed by atoms with E-state index in [1.165, 1.54) is 0 Å². The second-order valence-corrected chi connectivity index (χ2v) is 5.22. The molecule has 0 spiro atoms. The van der Waals surface area contributed by atoms with Crippen LogP contribution in [0.4, 0.5) is 0 Å². The first-order chi connectivity index (χ1) is 9.29. The molecule has 1 unspecified atom stereocenters. The second-order valence-electron chi connectivity index (χ2n) is 5.22. The van der Waals surface area contributed by atoms with Gasteiger partial charge in [-0.3, -0.25) is 0 Å². The Morgan fingerprint density at radius 1 is 1.26 bits per heavy atom. The molecule has 1 aromatic carbocycles. The maximum absolute atomic E-state index is 10.3. The van der Waals surface area contributed by atoms with E-state index in [0.29, 0.717) is 5.92 Å². The quantitative estimate of drug-likeness (QED) is 0.856. The summed E-state index contributed by atoms with van der Waals surface area (Å²) < 4.78 is 10.9. The lowest BCUT2D eigenvalue weighted by Crippen LogP contribution is -2.18. The summed E-state index contributed by atoms with van der Waals surface area (Å²) in [6.07, 6.45) is 3.60. The minimum atomic E-state index is -0.372. The summed E-state index contributed by atoms with van der Waals surface area (Å²) in [5, 5.41) is 10.3. The Kier molecular flexibility index (Phi) is 5.67. The largest absolute Gasteiger partial charge is 0.494 e. The first-order valence-electron chi connectivity index (χ1n) is 7.28. The van der Waals surface area contributed by atoms with Gasteiger partial charge in [0.15, 0.2) is 0 Å². The molecule has 1 heterocycles. The highest BCUT2D eigenvalue weighted by Crippen LogP contribution is 2.28. The van der Waals surface area contributed by atoms with E-state index in [-0.39, 0.29) is 6.10 Å². The van der Waals surface area contributed by atoms with Gasteiger partial charge in [-0.05, 0) is 49.3 Å². The van der Waals surface area contributed by atoms with E-state index in [2.05, 4.69) is 6.92 Å². The van der Waals surface area contributed by atoms with Crippen LogP contribution in [-0.2, 0) is 4.74 Å². The molecular weight excluding hydrogens is 240 g/mol. The number of ether oxygens (including phenoxy) is 2. The lowest BCUT2D eigenvalue weighted by atomic mass is 9.91. The summed E-state index contributed by atoms with van der Waals surface area (Å²) in [6.45, 7) is 4.50. The molecular formula is C16H24O3. The zero-order valence-electron chi connectivity index (χ0n) is 11.7. The van der Waals surface area contributed by atoms with Gasteiger partial charge >= 0.3 is 0 Å². The van der Waals surface area contributed by atoms with E-state index in [1.54, 1.807) is 0 Å². The van der Waals surface area contributed by atoms with Crippen molar-refractivity contribution in [2.75, 3.05) is 19.8 Å². The van der Waals surface area contributed by atoms with Gasteiger partial charge in [-0.2, -0.15) is 0 Å². The van der Waals surface area contributed by atoms with Gasteiger partial charge in [0.2, 0.25) is 0 Å². The monoisotopic (exact) mass is 264 g/mol. The van der Waals surface area contributed by atoms with Gasteiger partial charge in [-0.25, -0.2) is 0 Å². The predicted molar refractivity (Wildman–Crippen MR) is 75.3 cm³/mol. The fourth-order valence-corrected chi connectivity index (χ4v) is 2.44. The lowest BCUT2D eigenvalue weighted by Gasteiger charge is -2.24. The maximum Gasteiger partial charge on any atom is 0.119 e. The van der Waals surface area contributed by atoms with Gasteiger partial charge in [0.25, 0.3) is 0 Å². The number of aliphatic hydroxyl groups is 1. The minimum absolute atomic E-state index is 0.372. The third-order valence-corrected chi connectivity index (χ3v) is 3.64. The van der Waals surface area contributed by atoms with Crippen LogP contribution in [0, 0.1) is 5.92 Å². The molecule has 3 nitrogen and oxygen atoms in total. The molecule has 2 rings (SSSR count). The highest BCUT2D eigenvalue weighted by molar-refractivity contribution is 5.28. The van der Waals surface area contributed by atoms with Gasteiger partial charge < -0.3 is 14.6 Å². The molecule has 19 heavy (non-hydrogen) atoms. The highest BCUT2D eigenvalue weighted by atomic mass is 16.5. The van der Waals surface area contributed by atoms with E-state index in [9.17, 15) is 5.11 Å². The van der Waals surface area contributed by atoms with Gasteiger partial charge in [0.05, 0.1) is 12.7 Å². The van der Waals surface area contributed by atoms with Crippen molar-refractivity contribution in [2.24, 2.45) is 5.92 Å². The van der Waals surface area contributed by atoms with E-state index in [0.717, 1.165) is 56.8 Å². The van der Waals surface area contributed by atoms with Crippen molar-refractivity contribution in [3.8, 4) is 5.75 Å². The van der Waals surface area contributed by atoms with Crippen molar-refractivity contribution in [2.45, 2.75) is 38.7 Å². The third-order valence-electron chi connectivity index (χ3n) is 3.64. The zero-order valence-corrected chi connectivity index (χ0v) is 11.7. The Labute approximate surface area is 115 Å². The molecule has 0 amide bonds. The molecule has 3 heteroatoms. The molecule has 1 atom stereocenters. The first-order valence-corrected chi connectivity index (χ1v) is 7.28. The number of benzene rings is 1. The van der Waals surface area contributed by atoms with E-state index < -0.39 is 0 Å². The molecule has 0 bridgehead atoms. The van der Waals surface area contributed by atoms with Gasteiger partial charge in [-0.1, -0.05) is 19.1 Å². The molecule has 1 aliphatic heterocycles. The smallest absolute Gasteiger partial charge is 0.119 e. The molecule has 1 aliphatic rings. The molecule has 1 saturated heterocycles. The number of aliphatic hydroxyl groups excluding tert-OH is 1. The average molecular weight is 264 g/mol. The fourth-order valence-electron chi connectivity index (χ4n) is 2.44. The molecule has 0 saturated carbocycles. The average Bonchev–Trinajstić information content (AvgIpc) is 2.46. The molecule has 0 aliphatic carbocycles. The van der Waals surface area contributed by atoms with E-state index in [1.807, 2.05) is 24.3 Å². The van der Waals surface area contributed by atoms with E-state index in [4.69, 9.17) is 9.47 Å². The van der Waals surface area contributed by atoms with Crippen molar-refractivity contribution >= 4 is 0 Å². The van der Waals surface area contributed by atoms with Crippen LogP contribution in [0.25, 0.3) is 0 Å². The fraction of sp³-hybridized carbons (Fsp3) is 0.625. The van der Waals surface area contributed by atoms with E-state index >= 15 is 0 Å². The zero-order chi connectivity index (χ0) is 13.5. The van der Waals surface area contributed by atoms with Crippen molar-refractivity contribution in [1.82, 2.24) is 0 Å². The van der Waals surface area contributed by atoms with Crippen LogP contribution in [0.1, 0.15) is 44.3 Å². The number of rotatable bonds is 6. The predicted octanol–water partition coefficient (Wildman–Crippen LogP) is 3.33. The maximum atomic E-state index is 10.3. The summed E-state index contributed by atoms with van der Waals surface area (Å²) in [6, 6.07) is 7.82. The van der Waals surface area contributed by atoms with Crippen LogP contribution in [0.2, 0.25) is 0 Å². The number of hydrogen-bond acceptors (Lipinski definition) is 3.